The molecule has 0 atom stereocenters. The molecule has 5 rings (SSSR count). The zero-order valence-corrected chi connectivity index (χ0v) is 21.9. The van der Waals surface area contributed by atoms with Crippen molar-refractivity contribution in [2.75, 3.05) is 13.2 Å². The third-order valence-electron chi connectivity index (χ3n) is 7.15. The van der Waals surface area contributed by atoms with Crippen molar-refractivity contribution in [2.45, 2.75) is 19.4 Å². The van der Waals surface area contributed by atoms with Gasteiger partial charge < -0.3 is 15.0 Å². The van der Waals surface area contributed by atoms with E-state index in [0.29, 0.717) is 13.2 Å². The summed E-state index contributed by atoms with van der Waals surface area (Å²) in [5, 5.41) is 0. The quantitative estimate of drug-likeness (QED) is 0.139. The number of aryl methyl sites for hydroxylation is 1. The van der Waals surface area contributed by atoms with Crippen LogP contribution in [0.25, 0.3) is 5.57 Å². The summed E-state index contributed by atoms with van der Waals surface area (Å²) in [6.07, 6.45) is 5.87. The van der Waals surface area contributed by atoms with Gasteiger partial charge in [-0.15, -0.1) is 0 Å². The molecule has 4 aromatic carbocycles. The van der Waals surface area contributed by atoms with Crippen LogP contribution in [-0.4, -0.2) is 22.7 Å². The lowest BCUT2D eigenvalue weighted by Crippen LogP contribution is -2.36. The molecule has 2 N–H and O–H groups in total. The number of aromatic nitrogens is 2. The third-order valence-corrected chi connectivity index (χ3v) is 7.15. The Labute approximate surface area is 225 Å². The molecule has 0 unspecified atom stereocenters. The molecule has 0 saturated heterocycles. The van der Waals surface area contributed by atoms with Gasteiger partial charge in [-0.05, 0) is 47.2 Å². The Morgan fingerprint density at radius 2 is 1.34 bits per heavy atom. The van der Waals surface area contributed by atoms with Crippen molar-refractivity contribution in [2.24, 2.45) is 5.73 Å². The Balaban J connectivity index is 1.76. The van der Waals surface area contributed by atoms with E-state index >= 15 is 0 Å². The van der Waals surface area contributed by atoms with E-state index in [1.807, 2.05) is 6.33 Å². The van der Waals surface area contributed by atoms with E-state index in [4.69, 9.17) is 15.5 Å². The van der Waals surface area contributed by atoms with E-state index < -0.39 is 5.54 Å². The lowest BCUT2D eigenvalue weighted by molar-refractivity contribution is 0.261. The van der Waals surface area contributed by atoms with Crippen LogP contribution in [0.4, 0.5) is 0 Å². The van der Waals surface area contributed by atoms with Crippen LogP contribution in [0, 0.1) is 13.8 Å². The highest BCUT2D eigenvalue weighted by atomic mass is 16.5. The van der Waals surface area contributed by atoms with Crippen molar-refractivity contribution in [3.8, 4) is 0 Å². The highest BCUT2D eigenvalue weighted by Crippen LogP contribution is 2.41. The molecule has 0 amide bonds. The fourth-order valence-electron chi connectivity index (χ4n) is 5.15. The van der Waals surface area contributed by atoms with Gasteiger partial charge in [0.2, 0.25) is 0 Å². The van der Waals surface area contributed by atoms with Crippen LogP contribution in [0.3, 0.4) is 0 Å². The predicted molar refractivity (Wildman–Crippen MR) is 155 cm³/mol. The average molecular weight is 500 g/mol. The molecule has 1 heterocycles. The standard InChI is InChI=1S/C34H33N3O/c1-26-13-12-20-31(27(26)2)32(24-38-22-21-35)33-23-37(25-36-33)34(28-14-6-3-7-15-28,29-16-8-4-9-17-29)30-18-10-5-11-19-30/h3-20,23-25H,21-22,35H2,1-2H3/b32-24-. The van der Waals surface area contributed by atoms with Crippen LogP contribution in [0.2, 0.25) is 0 Å². The molecule has 0 spiro atoms. The molecule has 0 aliphatic heterocycles. The smallest absolute Gasteiger partial charge is 0.121 e. The maximum Gasteiger partial charge on any atom is 0.121 e. The van der Waals surface area contributed by atoms with E-state index in [1.54, 1.807) is 6.26 Å². The maximum atomic E-state index is 5.86. The van der Waals surface area contributed by atoms with Gasteiger partial charge in [0.15, 0.2) is 0 Å². The van der Waals surface area contributed by atoms with Crippen LogP contribution >= 0.6 is 0 Å². The third kappa shape index (κ3) is 4.67. The van der Waals surface area contributed by atoms with Crippen molar-refractivity contribution in [3.05, 3.63) is 167 Å². The van der Waals surface area contributed by atoms with Gasteiger partial charge in [-0.25, -0.2) is 4.98 Å². The minimum Gasteiger partial charge on any atom is -0.499 e. The first-order valence-electron chi connectivity index (χ1n) is 13.0. The first kappa shape index (κ1) is 25.2. The molecule has 4 heteroatoms. The lowest BCUT2D eigenvalue weighted by Gasteiger charge is -2.37. The molecule has 5 aromatic rings. The number of ether oxygens (including phenoxy) is 1. The highest BCUT2D eigenvalue weighted by molar-refractivity contribution is 5.79. The maximum absolute atomic E-state index is 5.86. The molecular formula is C34H33N3O. The van der Waals surface area contributed by atoms with Gasteiger partial charge >= 0.3 is 0 Å². The van der Waals surface area contributed by atoms with Crippen molar-refractivity contribution >= 4 is 5.57 Å². The van der Waals surface area contributed by atoms with Crippen LogP contribution in [0.1, 0.15) is 39.1 Å². The summed E-state index contributed by atoms with van der Waals surface area (Å²) in [4.78, 5) is 4.97. The lowest BCUT2D eigenvalue weighted by atomic mass is 9.76. The van der Waals surface area contributed by atoms with Gasteiger partial charge in [-0.1, -0.05) is 109 Å². The zero-order chi connectivity index (χ0) is 26.4. The van der Waals surface area contributed by atoms with Crippen molar-refractivity contribution in [1.29, 1.82) is 0 Å². The normalized spacial score (nSPS) is 11.9. The topological polar surface area (TPSA) is 53.1 Å². The van der Waals surface area contributed by atoms with Gasteiger partial charge in [0.25, 0.3) is 0 Å². The van der Waals surface area contributed by atoms with E-state index in [2.05, 4.69) is 134 Å². The molecule has 0 aliphatic rings. The van der Waals surface area contributed by atoms with Gasteiger partial charge in [0.05, 0.1) is 24.9 Å². The Morgan fingerprint density at radius 3 is 1.87 bits per heavy atom. The van der Waals surface area contributed by atoms with Gasteiger partial charge in [-0.2, -0.15) is 0 Å². The number of rotatable bonds is 9. The number of nitrogens with zero attached hydrogens (tertiary/aromatic N) is 2. The molecule has 38 heavy (non-hydrogen) atoms. The average Bonchev–Trinajstić information content (AvgIpc) is 3.45. The second kappa shape index (κ2) is 11.3. The van der Waals surface area contributed by atoms with Crippen LogP contribution in [0.5, 0.6) is 0 Å². The van der Waals surface area contributed by atoms with E-state index in [0.717, 1.165) is 33.5 Å². The molecular weight excluding hydrogens is 466 g/mol. The molecule has 0 aliphatic carbocycles. The Bertz CT molecular complexity index is 1410. The largest absolute Gasteiger partial charge is 0.499 e. The molecule has 4 nitrogen and oxygen atoms in total. The first-order valence-corrected chi connectivity index (χ1v) is 13.0. The predicted octanol–water partition coefficient (Wildman–Crippen LogP) is 6.70. The molecule has 0 saturated carbocycles. The fraction of sp³-hybridized carbons (Fsp3) is 0.147. The Morgan fingerprint density at radius 1 is 0.789 bits per heavy atom. The summed E-state index contributed by atoms with van der Waals surface area (Å²) in [6, 6.07) is 38.2. The SMILES string of the molecule is Cc1cccc(/C(=C/OCCN)c2cn(C(c3ccccc3)(c3ccccc3)c3ccccc3)cn2)c1C. The van der Waals surface area contributed by atoms with Gasteiger partial charge in [0, 0.05) is 18.3 Å². The Hall–Kier alpha value is -4.41. The highest BCUT2D eigenvalue weighted by Gasteiger charge is 2.38. The number of nitrogens with two attached hydrogens (primary N) is 1. The van der Waals surface area contributed by atoms with Crippen LogP contribution in [0.15, 0.2) is 128 Å². The van der Waals surface area contributed by atoms with E-state index in [9.17, 15) is 0 Å². The molecule has 1 aromatic heterocycles. The van der Waals surface area contributed by atoms with Crippen molar-refractivity contribution in [3.63, 3.8) is 0 Å². The van der Waals surface area contributed by atoms with E-state index in [-0.39, 0.29) is 0 Å². The fourth-order valence-corrected chi connectivity index (χ4v) is 5.15. The number of hydrogen-bond donors (Lipinski definition) is 1. The summed E-state index contributed by atoms with van der Waals surface area (Å²) in [7, 11) is 0. The summed E-state index contributed by atoms with van der Waals surface area (Å²) < 4.78 is 8.09. The summed E-state index contributed by atoms with van der Waals surface area (Å²) >= 11 is 0. The minimum atomic E-state index is -0.625. The van der Waals surface area contributed by atoms with E-state index in [1.165, 1.54) is 11.1 Å². The molecule has 0 fully saturated rings. The zero-order valence-electron chi connectivity index (χ0n) is 21.9. The summed E-state index contributed by atoms with van der Waals surface area (Å²) in [5.41, 5.74) is 13.8. The number of benzene rings is 4. The number of imidazole rings is 1. The summed E-state index contributed by atoms with van der Waals surface area (Å²) in [6.45, 7) is 5.16. The minimum absolute atomic E-state index is 0.442. The van der Waals surface area contributed by atoms with Gasteiger partial charge in [0.1, 0.15) is 5.54 Å². The van der Waals surface area contributed by atoms with Crippen LogP contribution < -0.4 is 5.73 Å². The van der Waals surface area contributed by atoms with Crippen LogP contribution in [-0.2, 0) is 10.3 Å². The summed E-state index contributed by atoms with van der Waals surface area (Å²) in [5.74, 6) is 0. The molecule has 190 valence electrons. The Kier molecular flexibility index (Phi) is 7.52. The first-order chi connectivity index (χ1) is 18.7. The second-order valence-corrected chi connectivity index (χ2v) is 9.41. The molecule has 0 bridgehead atoms. The van der Waals surface area contributed by atoms with Crippen molar-refractivity contribution in [1.82, 2.24) is 9.55 Å². The van der Waals surface area contributed by atoms with Gasteiger partial charge in [-0.3, -0.25) is 0 Å². The second-order valence-electron chi connectivity index (χ2n) is 9.41. The molecule has 0 radical (unpaired) electrons. The monoisotopic (exact) mass is 499 g/mol. The number of hydrogen-bond acceptors (Lipinski definition) is 3. The van der Waals surface area contributed by atoms with Crippen molar-refractivity contribution < 1.29 is 4.74 Å².